The maximum Gasteiger partial charge on any atom is 0.325 e. The Balaban J connectivity index is 2.62. The maximum absolute atomic E-state index is 11.4. The van der Waals surface area contributed by atoms with E-state index < -0.39 is 0 Å². The van der Waals surface area contributed by atoms with Crippen LogP contribution in [0.4, 0.5) is 0 Å². The van der Waals surface area contributed by atoms with Crippen LogP contribution >= 0.6 is 0 Å². The number of carbonyl (C=O) groups is 1. The second-order valence-electron chi connectivity index (χ2n) is 4.32. The minimum atomic E-state index is -0.185. The number of hydrogen-bond donors (Lipinski definition) is 1. The highest BCUT2D eigenvalue weighted by molar-refractivity contribution is 5.69. The molecule has 4 heteroatoms. The van der Waals surface area contributed by atoms with E-state index in [1.54, 1.807) is 0 Å². The molecule has 0 spiro atoms. The van der Waals surface area contributed by atoms with Crippen LogP contribution in [-0.4, -0.2) is 23.7 Å². The van der Waals surface area contributed by atoms with Crippen molar-refractivity contribution in [3.63, 3.8) is 0 Å². The molecule has 0 radical (unpaired) electrons. The van der Waals surface area contributed by atoms with Gasteiger partial charge in [0.15, 0.2) is 0 Å². The third-order valence-corrected chi connectivity index (χ3v) is 2.82. The van der Waals surface area contributed by atoms with E-state index in [1.807, 2.05) is 23.9 Å². The molecular weight excluding hydrogens is 228 g/mol. The lowest BCUT2D eigenvalue weighted by Gasteiger charge is -2.15. The highest BCUT2D eigenvalue weighted by Gasteiger charge is 2.11. The molecule has 0 aliphatic heterocycles. The summed E-state index contributed by atoms with van der Waals surface area (Å²) in [5, 5.41) is 3.46. The molecule has 1 atom stereocenters. The van der Waals surface area contributed by atoms with Gasteiger partial charge in [0, 0.05) is 18.4 Å². The fourth-order valence-electron chi connectivity index (χ4n) is 2.04. The summed E-state index contributed by atoms with van der Waals surface area (Å²) in [6.07, 6.45) is 6.21. The van der Waals surface area contributed by atoms with Crippen molar-refractivity contribution in [2.75, 3.05) is 13.2 Å². The zero-order valence-corrected chi connectivity index (χ0v) is 11.6. The molecule has 102 valence electrons. The summed E-state index contributed by atoms with van der Waals surface area (Å²) in [4.78, 5) is 11.4. The van der Waals surface area contributed by atoms with Crippen LogP contribution in [-0.2, 0) is 16.1 Å². The Morgan fingerprint density at radius 1 is 1.44 bits per heavy atom. The molecule has 1 N–H and O–H groups in total. The minimum absolute atomic E-state index is 0.185. The summed E-state index contributed by atoms with van der Waals surface area (Å²) in [5.74, 6) is -0.185. The van der Waals surface area contributed by atoms with E-state index >= 15 is 0 Å². The average Bonchev–Trinajstić information content (AvgIpc) is 2.77. The number of nitrogens with zero attached hydrogens (tertiary/aromatic N) is 1. The van der Waals surface area contributed by atoms with E-state index in [1.165, 1.54) is 5.56 Å². The molecule has 0 fully saturated rings. The van der Waals surface area contributed by atoms with E-state index in [0.717, 1.165) is 19.4 Å². The fourth-order valence-corrected chi connectivity index (χ4v) is 2.04. The second-order valence-corrected chi connectivity index (χ2v) is 4.32. The van der Waals surface area contributed by atoms with Gasteiger partial charge in [-0.25, -0.2) is 0 Å². The highest BCUT2D eigenvalue weighted by atomic mass is 16.5. The number of rotatable bonds is 8. The van der Waals surface area contributed by atoms with Crippen LogP contribution < -0.4 is 5.32 Å². The summed E-state index contributed by atoms with van der Waals surface area (Å²) in [6.45, 7) is 7.79. The maximum atomic E-state index is 11.4. The number of ether oxygens (including phenoxy) is 1. The Morgan fingerprint density at radius 2 is 2.22 bits per heavy atom. The van der Waals surface area contributed by atoms with Crippen LogP contribution in [0, 0.1) is 0 Å². The van der Waals surface area contributed by atoms with Gasteiger partial charge in [-0.2, -0.15) is 0 Å². The quantitative estimate of drug-likeness (QED) is 0.723. The van der Waals surface area contributed by atoms with E-state index in [4.69, 9.17) is 4.74 Å². The Hall–Kier alpha value is -1.29. The predicted octanol–water partition coefficient (Wildman–Crippen LogP) is 2.50. The van der Waals surface area contributed by atoms with Crippen molar-refractivity contribution in [2.45, 2.75) is 46.2 Å². The summed E-state index contributed by atoms with van der Waals surface area (Å²) < 4.78 is 6.82. The van der Waals surface area contributed by atoms with Crippen molar-refractivity contribution < 1.29 is 9.53 Å². The van der Waals surface area contributed by atoms with E-state index in [2.05, 4.69) is 25.2 Å². The van der Waals surface area contributed by atoms with Gasteiger partial charge in [0.05, 0.1) is 6.61 Å². The van der Waals surface area contributed by atoms with E-state index in [9.17, 15) is 4.79 Å². The highest BCUT2D eigenvalue weighted by Crippen LogP contribution is 2.18. The second kappa shape index (κ2) is 7.93. The molecule has 1 rings (SSSR count). The standard InChI is InChI=1S/C14H24N2O2/c1-4-7-13(15-5-2)12-8-9-16(10-12)11-14(17)18-6-3/h8-10,13,15H,4-7,11H2,1-3H3. The Kier molecular flexibility index (Phi) is 6.50. The molecule has 0 saturated heterocycles. The van der Waals surface area contributed by atoms with Gasteiger partial charge in [-0.1, -0.05) is 20.3 Å². The van der Waals surface area contributed by atoms with Gasteiger partial charge in [0.1, 0.15) is 6.54 Å². The summed E-state index contributed by atoms with van der Waals surface area (Å²) in [5.41, 5.74) is 1.24. The van der Waals surface area contributed by atoms with Crippen LogP contribution in [0.15, 0.2) is 18.5 Å². The van der Waals surface area contributed by atoms with E-state index in [0.29, 0.717) is 19.2 Å². The van der Waals surface area contributed by atoms with Gasteiger partial charge in [0.2, 0.25) is 0 Å². The largest absolute Gasteiger partial charge is 0.465 e. The molecule has 1 aromatic heterocycles. The van der Waals surface area contributed by atoms with Gasteiger partial charge in [0.25, 0.3) is 0 Å². The molecule has 4 nitrogen and oxygen atoms in total. The van der Waals surface area contributed by atoms with Gasteiger partial charge in [-0.3, -0.25) is 4.79 Å². The third-order valence-electron chi connectivity index (χ3n) is 2.82. The average molecular weight is 252 g/mol. The molecule has 0 amide bonds. The molecular formula is C14H24N2O2. The number of nitrogens with one attached hydrogen (secondary N) is 1. The van der Waals surface area contributed by atoms with Crippen molar-refractivity contribution >= 4 is 5.97 Å². The molecule has 0 saturated carbocycles. The summed E-state index contributed by atoms with van der Waals surface area (Å²) >= 11 is 0. The SMILES string of the molecule is CCCC(NCC)c1ccn(CC(=O)OCC)c1. The number of carbonyl (C=O) groups excluding carboxylic acids is 1. The van der Waals surface area contributed by atoms with Gasteiger partial charge < -0.3 is 14.6 Å². The van der Waals surface area contributed by atoms with Crippen molar-refractivity contribution in [1.29, 1.82) is 0 Å². The molecule has 0 bridgehead atoms. The molecule has 18 heavy (non-hydrogen) atoms. The van der Waals surface area contributed by atoms with Crippen LogP contribution in [0.3, 0.4) is 0 Å². The van der Waals surface area contributed by atoms with Crippen LogP contribution in [0.1, 0.15) is 45.2 Å². The molecule has 0 aliphatic rings. The van der Waals surface area contributed by atoms with Gasteiger partial charge >= 0.3 is 5.97 Å². The normalized spacial score (nSPS) is 12.4. The summed E-state index contributed by atoms with van der Waals surface area (Å²) in [6, 6.07) is 2.45. The Morgan fingerprint density at radius 3 is 2.83 bits per heavy atom. The Labute approximate surface area is 109 Å². The molecule has 1 aromatic rings. The van der Waals surface area contributed by atoms with Crippen molar-refractivity contribution in [3.05, 3.63) is 24.0 Å². The number of aromatic nitrogens is 1. The summed E-state index contributed by atoms with van der Waals surface area (Å²) in [7, 11) is 0. The van der Waals surface area contributed by atoms with Crippen molar-refractivity contribution in [2.24, 2.45) is 0 Å². The van der Waals surface area contributed by atoms with Crippen LogP contribution in [0.5, 0.6) is 0 Å². The molecule has 1 unspecified atom stereocenters. The lowest BCUT2D eigenvalue weighted by atomic mass is 10.1. The van der Waals surface area contributed by atoms with Gasteiger partial charge in [-0.05, 0) is 31.5 Å². The van der Waals surface area contributed by atoms with Crippen molar-refractivity contribution in [1.82, 2.24) is 9.88 Å². The van der Waals surface area contributed by atoms with E-state index in [-0.39, 0.29) is 5.97 Å². The first-order chi connectivity index (χ1) is 8.71. The number of esters is 1. The Bertz CT molecular complexity index is 354. The zero-order chi connectivity index (χ0) is 13.4. The minimum Gasteiger partial charge on any atom is -0.465 e. The number of hydrogen-bond acceptors (Lipinski definition) is 3. The topological polar surface area (TPSA) is 43.3 Å². The first-order valence-electron chi connectivity index (χ1n) is 6.75. The van der Waals surface area contributed by atoms with Crippen LogP contribution in [0.25, 0.3) is 0 Å². The third kappa shape index (κ3) is 4.53. The van der Waals surface area contributed by atoms with Gasteiger partial charge in [-0.15, -0.1) is 0 Å². The molecule has 0 aliphatic carbocycles. The van der Waals surface area contributed by atoms with Crippen LogP contribution in [0.2, 0.25) is 0 Å². The molecule has 0 aromatic carbocycles. The lowest BCUT2D eigenvalue weighted by molar-refractivity contribution is -0.143. The predicted molar refractivity (Wildman–Crippen MR) is 72.4 cm³/mol. The first kappa shape index (κ1) is 14.8. The smallest absolute Gasteiger partial charge is 0.325 e. The molecule has 1 heterocycles. The zero-order valence-electron chi connectivity index (χ0n) is 11.6. The van der Waals surface area contributed by atoms with Crippen molar-refractivity contribution in [3.8, 4) is 0 Å². The first-order valence-corrected chi connectivity index (χ1v) is 6.75. The monoisotopic (exact) mass is 252 g/mol. The lowest BCUT2D eigenvalue weighted by Crippen LogP contribution is -2.20. The fraction of sp³-hybridized carbons (Fsp3) is 0.643.